The summed E-state index contributed by atoms with van der Waals surface area (Å²) in [5, 5.41) is 0. The molecule has 6 heteroatoms. The van der Waals surface area contributed by atoms with Gasteiger partial charge in [0, 0.05) is 18.6 Å². The molecule has 0 radical (unpaired) electrons. The van der Waals surface area contributed by atoms with Gasteiger partial charge in [0.15, 0.2) is 0 Å². The highest BCUT2D eigenvalue weighted by Crippen LogP contribution is 2.27. The number of rotatable bonds is 7. The average Bonchev–Trinajstić information content (AvgIpc) is 2.44. The van der Waals surface area contributed by atoms with Gasteiger partial charge in [0.25, 0.3) is 0 Å². The SMILES string of the molecule is CCCN(C(C)(CC)CN)S(=O)(=O)c1ccc(F)cc1. The third kappa shape index (κ3) is 3.37. The molecule has 0 bridgehead atoms. The van der Waals surface area contributed by atoms with E-state index in [2.05, 4.69) is 0 Å². The van der Waals surface area contributed by atoms with Crippen molar-refractivity contribution in [2.24, 2.45) is 5.73 Å². The van der Waals surface area contributed by atoms with Gasteiger partial charge >= 0.3 is 0 Å². The van der Waals surface area contributed by atoms with Crippen LogP contribution in [0.4, 0.5) is 4.39 Å². The summed E-state index contributed by atoms with van der Waals surface area (Å²) in [4.78, 5) is 0.0977. The maximum atomic E-state index is 13.0. The molecule has 1 aromatic rings. The third-order valence-electron chi connectivity index (χ3n) is 3.63. The van der Waals surface area contributed by atoms with Crippen molar-refractivity contribution >= 4 is 10.0 Å². The molecule has 0 aliphatic heterocycles. The highest BCUT2D eigenvalue weighted by atomic mass is 32.2. The molecule has 0 amide bonds. The summed E-state index contributed by atoms with van der Waals surface area (Å²) < 4.78 is 39.9. The topological polar surface area (TPSA) is 63.4 Å². The summed E-state index contributed by atoms with van der Waals surface area (Å²) in [6, 6.07) is 4.89. The smallest absolute Gasteiger partial charge is 0.243 e. The minimum atomic E-state index is -3.68. The van der Waals surface area contributed by atoms with Crippen LogP contribution in [-0.4, -0.2) is 31.4 Å². The number of hydrogen-bond donors (Lipinski definition) is 1. The zero-order chi connectivity index (χ0) is 15.4. The van der Waals surface area contributed by atoms with Gasteiger partial charge in [-0.05, 0) is 44.0 Å². The Kier molecular flexibility index (Phi) is 5.68. The van der Waals surface area contributed by atoms with E-state index >= 15 is 0 Å². The predicted molar refractivity (Wildman–Crippen MR) is 78.3 cm³/mol. The minimum absolute atomic E-state index is 0.0977. The molecule has 0 aromatic heterocycles. The Hall–Kier alpha value is -0.980. The first-order chi connectivity index (χ1) is 9.31. The third-order valence-corrected chi connectivity index (χ3v) is 5.70. The molecule has 0 fully saturated rings. The van der Waals surface area contributed by atoms with Crippen molar-refractivity contribution in [3.8, 4) is 0 Å². The van der Waals surface area contributed by atoms with E-state index in [-0.39, 0.29) is 11.4 Å². The molecule has 2 N–H and O–H groups in total. The number of nitrogens with two attached hydrogens (primary N) is 1. The van der Waals surface area contributed by atoms with Crippen LogP contribution in [0.15, 0.2) is 29.2 Å². The number of benzene rings is 1. The Morgan fingerprint density at radius 3 is 2.20 bits per heavy atom. The quantitative estimate of drug-likeness (QED) is 0.841. The van der Waals surface area contributed by atoms with Gasteiger partial charge in [0.2, 0.25) is 10.0 Å². The number of hydrogen-bond acceptors (Lipinski definition) is 3. The molecule has 114 valence electrons. The monoisotopic (exact) mass is 302 g/mol. The molecule has 4 nitrogen and oxygen atoms in total. The Morgan fingerprint density at radius 1 is 1.25 bits per heavy atom. The largest absolute Gasteiger partial charge is 0.329 e. The lowest BCUT2D eigenvalue weighted by atomic mass is 9.99. The van der Waals surface area contributed by atoms with E-state index in [1.807, 2.05) is 20.8 Å². The van der Waals surface area contributed by atoms with E-state index in [4.69, 9.17) is 5.73 Å². The molecule has 0 spiro atoms. The Bertz CT molecular complexity index is 525. The van der Waals surface area contributed by atoms with Gasteiger partial charge in [-0.3, -0.25) is 0 Å². The Balaban J connectivity index is 3.29. The van der Waals surface area contributed by atoms with Gasteiger partial charge in [0.05, 0.1) is 4.90 Å². The lowest BCUT2D eigenvalue weighted by Gasteiger charge is -2.38. The van der Waals surface area contributed by atoms with Crippen molar-refractivity contribution in [3.63, 3.8) is 0 Å². The first kappa shape index (κ1) is 17.1. The second-order valence-corrected chi connectivity index (χ2v) is 6.95. The first-order valence-corrected chi connectivity index (χ1v) is 8.24. The van der Waals surface area contributed by atoms with Crippen LogP contribution in [-0.2, 0) is 10.0 Å². The van der Waals surface area contributed by atoms with Crippen molar-refractivity contribution in [2.75, 3.05) is 13.1 Å². The fraction of sp³-hybridized carbons (Fsp3) is 0.571. The summed E-state index contributed by atoms with van der Waals surface area (Å²) in [6.45, 7) is 6.30. The normalized spacial score (nSPS) is 15.3. The maximum Gasteiger partial charge on any atom is 0.243 e. The standard InChI is InChI=1S/C14H23FN2O2S/c1-4-10-17(14(3,5-2)11-16)20(18,19)13-8-6-12(15)7-9-13/h6-9H,4-5,10-11,16H2,1-3H3. The van der Waals surface area contributed by atoms with Crippen molar-refractivity contribution in [1.82, 2.24) is 4.31 Å². The summed E-state index contributed by atoms with van der Waals surface area (Å²) >= 11 is 0. The van der Waals surface area contributed by atoms with E-state index in [1.54, 1.807) is 0 Å². The van der Waals surface area contributed by atoms with Crippen LogP contribution in [0.2, 0.25) is 0 Å². The Labute approximate surface area is 120 Å². The molecule has 1 atom stereocenters. The highest BCUT2D eigenvalue weighted by Gasteiger charge is 2.37. The van der Waals surface area contributed by atoms with Gasteiger partial charge in [0.1, 0.15) is 5.82 Å². The average molecular weight is 302 g/mol. The molecule has 0 heterocycles. The fourth-order valence-electron chi connectivity index (χ4n) is 2.04. The minimum Gasteiger partial charge on any atom is -0.329 e. The molecule has 0 aliphatic rings. The van der Waals surface area contributed by atoms with Crippen molar-refractivity contribution in [2.45, 2.75) is 44.0 Å². The van der Waals surface area contributed by atoms with E-state index < -0.39 is 21.4 Å². The summed E-state index contributed by atoms with van der Waals surface area (Å²) in [5.74, 6) is -0.455. The number of nitrogens with zero attached hydrogens (tertiary/aromatic N) is 1. The van der Waals surface area contributed by atoms with Crippen LogP contribution < -0.4 is 5.73 Å². The first-order valence-electron chi connectivity index (χ1n) is 6.80. The van der Waals surface area contributed by atoms with E-state index in [0.29, 0.717) is 19.4 Å². The van der Waals surface area contributed by atoms with E-state index in [9.17, 15) is 12.8 Å². The molecular weight excluding hydrogens is 279 g/mol. The second-order valence-electron chi connectivity index (χ2n) is 5.09. The van der Waals surface area contributed by atoms with E-state index in [0.717, 1.165) is 12.1 Å². The van der Waals surface area contributed by atoms with Crippen LogP contribution in [0.1, 0.15) is 33.6 Å². The van der Waals surface area contributed by atoms with Gasteiger partial charge < -0.3 is 5.73 Å². The van der Waals surface area contributed by atoms with Crippen molar-refractivity contribution < 1.29 is 12.8 Å². The molecule has 0 saturated heterocycles. The van der Waals surface area contributed by atoms with E-state index in [1.165, 1.54) is 16.4 Å². The van der Waals surface area contributed by atoms with Gasteiger partial charge in [-0.1, -0.05) is 13.8 Å². The maximum absolute atomic E-state index is 13.0. The van der Waals surface area contributed by atoms with Crippen LogP contribution in [0.5, 0.6) is 0 Å². The zero-order valence-corrected chi connectivity index (χ0v) is 13.1. The predicted octanol–water partition coefficient (Wildman–Crippen LogP) is 2.35. The van der Waals surface area contributed by atoms with Crippen LogP contribution in [0.25, 0.3) is 0 Å². The van der Waals surface area contributed by atoms with Gasteiger partial charge in [-0.2, -0.15) is 4.31 Å². The highest BCUT2D eigenvalue weighted by molar-refractivity contribution is 7.89. The fourth-order valence-corrected chi connectivity index (χ4v) is 3.98. The second kappa shape index (κ2) is 6.65. The summed E-state index contributed by atoms with van der Waals surface area (Å²) in [6.07, 6.45) is 1.31. The number of halogens is 1. The molecule has 1 aromatic carbocycles. The van der Waals surface area contributed by atoms with Crippen molar-refractivity contribution in [1.29, 1.82) is 0 Å². The van der Waals surface area contributed by atoms with Crippen LogP contribution in [0.3, 0.4) is 0 Å². The molecule has 20 heavy (non-hydrogen) atoms. The lowest BCUT2D eigenvalue weighted by Crippen LogP contribution is -2.54. The van der Waals surface area contributed by atoms with Gasteiger partial charge in [-0.15, -0.1) is 0 Å². The summed E-state index contributed by atoms with van der Waals surface area (Å²) in [5.41, 5.74) is 5.15. The zero-order valence-electron chi connectivity index (χ0n) is 12.3. The summed E-state index contributed by atoms with van der Waals surface area (Å²) in [7, 11) is -3.68. The van der Waals surface area contributed by atoms with Crippen LogP contribution >= 0.6 is 0 Å². The molecule has 0 saturated carbocycles. The molecule has 0 aliphatic carbocycles. The van der Waals surface area contributed by atoms with Gasteiger partial charge in [-0.25, -0.2) is 12.8 Å². The van der Waals surface area contributed by atoms with Crippen LogP contribution in [0, 0.1) is 5.82 Å². The molecular formula is C14H23FN2O2S. The Morgan fingerprint density at radius 2 is 1.80 bits per heavy atom. The number of sulfonamides is 1. The molecule has 1 unspecified atom stereocenters. The molecule has 1 rings (SSSR count). The lowest BCUT2D eigenvalue weighted by molar-refractivity contribution is 0.206. The van der Waals surface area contributed by atoms with Crippen molar-refractivity contribution in [3.05, 3.63) is 30.1 Å².